The fraction of sp³-hybridized carbons (Fsp3) is 0.444. The van der Waals surface area contributed by atoms with E-state index in [2.05, 4.69) is 23.4 Å². The number of amides is 1. The van der Waals surface area contributed by atoms with Crippen LogP contribution in [-0.4, -0.2) is 34.0 Å². The minimum absolute atomic E-state index is 0.119. The summed E-state index contributed by atoms with van der Waals surface area (Å²) in [7, 11) is 1.88. The van der Waals surface area contributed by atoms with Crippen molar-refractivity contribution < 1.29 is 4.79 Å². The number of carbonyl (C=O) groups is 1. The summed E-state index contributed by atoms with van der Waals surface area (Å²) in [5.74, 6) is 0.119. The summed E-state index contributed by atoms with van der Waals surface area (Å²) in [6.45, 7) is 4.88. The van der Waals surface area contributed by atoms with Crippen molar-refractivity contribution in [1.29, 1.82) is 0 Å². The van der Waals surface area contributed by atoms with Crippen LogP contribution < -0.4 is 0 Å². The molecule has 0 radical (unpaired) electrons. The van der Waals surface area contributed by atoms with Crippen molar-refractivity contribution in [2.75, 3.05) is 13.6 Å². The molecule has 0 bridgehead atoms. The Kier molecular flexibility index (Phi) is 4.01. The van der Waals surface area contributed by atoms with Gasteiger partial charge in [-0.15, -0.1) is 0 Å². The molecular weight excluding hydrogens is 274 g/mol. The summed E-state index contributed by atoms with van der Waals surface area (Å²) in [4.78, 5) is 18.5. The fourth-order valence-corrected chi connectivity index (χ4v) is 3.04. The summed E-state index contributed by atoms with van der Waals surface area (Å²) in [5.41, 5.74) is 4.37. The van der Waals surface area contributed by atoms with Crippen LogP contribution >= 0.6 is 0 Å². The average Bonchev–Trinajstić information content (AvgIpc) is 3.31. The van der Waals surface area contributed by atoms with E-state index in [9.17, 15) is 4.79 Å². The molecule has 1 aliphatic carbocycles. The van der Waals surface area contributed by atoms with Gasteiger partial charge in [0.2, 0.25) is 0 Å². The molecule has 1 fully saturated rings. The van der Waals surface area contributed by atoms with Crippen LogP contribution in [0, 0.1) is 13.8 Å². The molecule has 1 aliphatic rings. The third-order valence-electron chi connectivity index (χ3n) is 4.46. The molecule has 22 heavy (non-hydrogen) atoms. The first-order valence-corrected chi connectivity index (χ1v) is 7.90. The maximum Gasteiger partial charge on any atom is 0.255 e. The van der Waals surface area contributed by atoms with Gasteiger partial charge in [0.05, 0.1) is 5.56 Å². The molecule has 0 aliphatic heterocycles. The summed E-state index contributed by atoms with van der Waals surface area (Å²) in [6.07, 6.45) is 6.91. The van der Waals surface area contributed by atoms with Crippen LogP contribution in [0.4, 0.5) is 0 Å². The fourth-order valence-electron chi connectivity index (χ4n) is 3.04. The van der Waals surface area contributed by atoms with Crippen LogP contribution in [0.15, 0.2) is 30.6 Å². The number of pyridine rings is 1. The Balaban J connectivity index is 1.69. The second kappa shape index (κ2) is 5.95. The highest BCUT2D eigenvalue weighted by atomic mass is 16.2. The monoisotopic (exact) mass is 297 g/mol. The molecule has 1 amide bonds. The lowest BCUT2D eigenvalue weighted by Gasteiger charge is -2.17. The third kappa shape index (κ3) is 2.91. The first-order chi connectivity index (χ1) is 10.6. The van der Waals surface area contributed by atoms with Gasteiger partial charge in [-0.2, -0.15) is 0 Å². The van der Waals surface area contributed by atoms with E-state index in [4.69, 9.17) is 0 Å². The molecule has 0 N–H and O–H groups in total. The number of hydrogen-bond donors (Lipinski definition) is 0. The van der Waals surface area contributed by atoms with Crippen LogP contribution in [0.2, 0.25) is 0 Å². The third-order valence-corrected chi connectivity index (χ3v) is 4.46. The van der Waals surface area contributed by atoms with Gasteiger partial charge in [-0.1, -0.05) is 0 Å². The van der Waals surface area contributed by atoms with Gasteiger partial charge in [-0.3, -0.25) is 9.78 Å². The van der Waals surface area contributed by atoms with Crippen molar-refractivity contribution in [2.45, 2.75) is 39.2 Å². The molecule has 4 heteroatoms. The van der Waals surface area contributed by atoms with Gasteiger partial charge < -0.3 is 9.47 Å². The van der Waals surface area contributed by atoms with E-state index in [0.717, 1.165) is 24.2 Å². The Hall–Kier alpha value is -2.10. The normalized spacial score (nSPS) is 14.1. The van der Waals surface area contributed by atoms with Crippen LogP contribution in [0.3, 0.4) is 0 Å². The molecule has 1 saturated carbocycles. The number of hydrogen-bond acceptors (Lipinski definition) is 2. The molecule has 2 heterocycles. The molecule has 0 aromatic carbocycles. The second-order valence-electron chi connectivity index (χ2n) is 6.22. The predicted molar refractivity (Wildman–Crippen MR) is 87.1 cm³/mol. The molecule has 2 aromatic heterocycles. The highest BCUT2D eigenvalue weighted by Crippen LogP contribution is 2.38. The zero-order valence-corrected chi connectivity index (χ0v) is 13.5. The zero-order chi connectivity index (χ0) is 15.7. The Labute approximate surface area is 131 Å². The van der Waals surface area contributed by atoms with E-state index < -0.39 is 0 Å². The van der Waals surface area contributed by atoms with Gasteiger partial charge >= 0.3 is 0 Å². The van der Waals surface area contributed by atoms with E-state index >= 15 is 0 Å². The van der Waals surface area contributed by atoms with Gasteiger partial charge in [0.1, 0.15) is 0 Å². The first kappa shape index (κ1) is 14.8. The summed E-state index contributed by atoms with van der Waals surface area (Å²) >= 11 is 0. The van der Waals surface area contributed by atoms with Crippen molar-refractivity contribution >= 4 is 5.91 Å². The standard InChI is InChI=1S/C18H23N3O/c1-13-12-17(14(2)21(13)16-4-5-16)18(22)20(3)11-8-15-6-9-19-10-7-15/h6-7,9-10,12,16H,4-5,8,11H2,1-3H3. The maximum absolute atomic E-state index is 12.7. The number of likely N-dealkylation sites (N-methyl/N-ethyl adjacent to an activating group) is 1. The number of rotatable bonds is 5. The highest BCUT2D eigenvalue weighted by Gasteiger charge is 2.28. The highest BCUT2D eigenvalue weighted by molar-refractivity contribution is 5.95. The lowest BCUT2D eigenvalue weighted by atomic mass is 10.1. The van der Waals surface area contributed by atoms with E-state index in [-0.39, 0.29) is 5.91 Å². The van der Waals surface area contributed by atoms with E-state index in [1.165, 1.54) is 24.1 Å². The van der Waals surface area contributed by atoms with Crippen molar-refractivity contribution in [3.63, 3.8) is 0 Å². The quantitative estimate of drug-likeness (QED) is 0.850. The molecule has 0 atom stereocenters. The topological polar surface area (TPSA) is 38.1 Å². The SMILES string of the molecule is Cc1cc(C(=O)N(C)CCc2ccncc2)c(C)n1C1CC1. The largest absolute Gasteiger partial charge is 0.345 e. The summed E-state index contributed by atoms with van der Waals surface area (Å²) in [6, 6.07) is 6.65. The maximum atomic E-state index is 12.7. The Morgan fingerprint density at radius 1 is 1.32 bits per heavy atom. The Morgan fingerprint density at radius 2 is 2.00 bits per heavy atom. The number of nitrogens with zero attached hydrogens (tertiary/aromatic N) is 3. The Bertz CT molecular complexity index is 671. The van der Waals surface area contributed by atoms with Gasteiger partial charge in [-0.05, 0) is 56.9 Å². The summed E-state index contributed by atoms with van der Waals surface area (Å²) in [5, 5.41) is 0. The number of aryl methyl sites for hydroxylation is 1. The molecule has 0 saturated heterocycles. The van der Waals surface area contributed by atoms with Gasteiger partial charge in [-0.25, -0.2) is 0 Å². The van der Waals surface area contributed by atoms with Crippen molar-refractivity contribution in [1.82, 2.24) is 14.5 Å². The van der Waals surface area contributed by atoms with E-state index in [0.29, 0.717) is 6.04 Å². The zero-order valence-electron chi connectivity index (χ0n) is 13.5. The number of aromatic nitrogens is 2. The number of carbonyl (C=O) groups excluding carboxylic acids is 1. The van der Waals surface area contributed by atoms with Crippen LogP contribution in [0.1, 0.15) is 46.2 Å². The minimum Gasteiger partial charge on any atom is -0.345 e. The van der Waals surface area contributed by atoms with Crippen molar-refractivity contribution in [2.24, 2.45) is 0 Å². The molecule has 0 spiro atoms. The van der Waals surface area contributed by atoms with Crippen molar-refractivity contribution in [3.8, 4) is 0 Å². The van der Waals surface area contributed by atoms with Crippen LogP contribution in [0.25, 0.3) is 0 Å². The molecule has 2 aromatic rings. The van der Waals surface area contributed by atoms with E-state index in [1.54, 1.807) is 12.4 Å². The molecule has 4 nitrogen and oxygen atoms in total. The first-order valence-electron chi connectivity index (χ1n) is 7.90. The molecule has 3 rings (SSSR count). The molecule has 116 valence electrons. The van der Waals surface area contributed by atoms with Crippen LogP contribution in [0.5, 0.6) is 0 Å². The average molecular weight is 297 g/mol. The molecule has 0 unspecified atom stereocenters. The van der Waals surface area contributed by atoms with Crippen LogP contribution in [-0.2, 0) is 6.42 Å². The Morgan fingerprint density at radius 3 is 2.64 bits per heavy atom. The summed E-state index contributed by atoms with van der Waals surface area (Å²) < 4.78 is 2.32. The van der Waals surface area contributed by atoms with Gasteiger partial charge in [0, 0.05) is 43.4 Å². The molecular formula is C18H23N3O. The van der Waals surface area contributed by atoms with Gasteiger partial charge in [0.25, 0.3) is 5.91 Å². The lowest BCUT2D eigenvalue weighted by molar-refractivity contribution is 0.0796. The second-order valence-corrected chi connectivity index (χ2v) is 6.22. The minimum atomic E-state index is 0.119. The van der Waals surface area contributed by atoms with Crippen molar-refractivity contribution in [3.05, 3.63) is 53.1 Å². The smallest absolute Gasteiger partial charge is 0.255 e. The van der Waals surface area contributed by atoms with Gasteiger partial charge in [0.15, 0.2) is 0 Å². The van der Waals surface area contributed by atoms with E-state index in [1.807, 2.05) is 30.1 Å². The lowest BCUT2D eigenvalue weighted by Crippen LogP contribution is -2.29. The predicted octanol–water partition coefficient (Wildman–Crippen LogP) is 3.15.